The first kappa shape index (κ1) is 21.7. The van der Waals surface area contributed by atoms with Crippen LogP contribution >= 0.6 is 22.9 Å². The van der Waals surface area contributed by atoms with Crippen LogP contribution in [0.2, 0.25) is 5.02 Å². The second-order valence-corrected chi connectivity index (χ2v) is 10.1. The van der Waals surface area contributed by atoms with Gasteiger partial charge in [0.2, 0.25) is 10.0 Å². The number of carbonyl (C=O) groups excluding carboxylic acids is 2. The molecule has 2 heterocycles. The van der Waals surface area contributed by atoms with Gasteiger partial charge in [0.1, 0.15) is 0 Å². The molecule has 8 nitrogen and oxygen atoms in total. The summed E-state index contributed by atoms with van der Waals surface area (Å²) in [5.74, 6) is -0.955. The van der Waals surface area contributed by atoms with Crippen LogP contribution in [0.25, 0.3) is 10.2 Å². The fourth-order valence-electron chi connectivity index (χ4n) is 3.22. The van der Waals surface area contributed by atoms with E-state index >= 15 is 0 Å². The first-order valence-corrected chi connectivity index (χ1v) is 12.1. The van der Waals surface area contributed by atoms with Crippen molar-refractivity contribution in [2.45, 2.75) is 4.90 Å². The zero-order valence-corrected chi connectivity index (χ0v) is 18.6. The average Bonchev–Trinajstić information content (AvgIpc) is 3.25. The van der Waals surface area contributed by atoms with E-state index in [2.05, 4.69) is 4.98 Å². The minimum Gasteiger partial charge on any atom is -0.452 e. The van der Waals surface area contributed by atoms with Gasteiger partial charge in [0.25, 0.3) is 5.91 Å². The van der Waals surface area contributed by atoms with Crippen molar-refractivity contribution >= 4 is 55.1 Å². The standard InChI is InChI=1S/C20H18ClN3O5S2/c21-15-2-4-16(5-3-15)31(27,28)24-9-7-23(8-10-24)19(25)12-29-20(26)14-1-6-17-18(11-14)30-13-22-17/h1-6,11,13H,7-10,12H2. The van der Waals surface area contributed by atoms with Gasteiger partial charge in [0, 0.05) is 31.2 Å². The van der Waals surface area contributed by atoms with Gasteiger partial charge in [-0.3, -0.25) is 4.79 Å². The van der Waals surface area contributed by atoms with E-state index in [0.29, 0.717) is 10.6 Å². The second-order valence-electron chi connectivity index (χ2n) is 6.85. The third kappa shape index (κ3) is 4.72. The van der Waals surface area contributed by atoms with Crippen LogP contribution in [0.15, 0.2) is 52.9 Å². The molecule has 162 valence electrons. The fraction of sp³-hybridized carbons (Fsp3) is 0.250. The third-order valence-corrected chi connectivity index (χ3v) is 7.89. The first-order valence-electron chi connectivity index (χ1n) is 9.38. The Morgan fingerprint density at radius 2 is 1.77 bits per heavy atom. The van der Waals surface area contributed by atoms with E-state index in [0.717, 1.165) is 10.2 Å². The van der Waals surface area contributed by atoms with E-state index in [1.165, 1.54) is 44.8 Å². The molecule has 0 saturated carbocycles. The lowest BCUT2D eigenvalue weighted by atomic mass is 10.2. The van der Waals surface area contributed by atoms with Crippen molar-refractivity contribution in [3.8, 4) is 0 Å². The predicted octanol–water partition coefficient (Wildman–Crippen LogP) is 2.64. The Morgan fingerprint density at radius 1 is 1.06 bits per heavy atom. The van der Waals surface area contributed by atoms with E-state index in [1.54, 1.807) is 23.7 Å². The molecular formula is C20H18ClN3O5S2. The lowest BCUT2D eigenvalue weighted by molar-refractivity contribution is -0.135. The predicted molar refractivity (Wildman–Crippen MR) is 117 cm³/mol. The monoisotopic (exact) mass is 479 g/mol. The Balaban J connectivity index is 1.30. The molecule has 0 N–H and O–H groups in total. The number of carbonyl (C=O) groups is 2. The van der Waals surface area contributed by atoms with Gasteiger partial charge >= 0.3 is 5.97 Å². The molecule has 1 fully saturated rings. The fourth-order valence-corrected chi connectivity index (χ4v) is 5.48. The largest absolute Gasteiger partial charge is 0.452 e. The summed E-state index contributed by atoms with van der Waals surface area (Å²) < 4.78 is 32.8. The molecule has 0 unspecified atom stereocenters. The van der Waals surface area contributed by atoms with Crippen molar-refractivity contribution in [1.82, 2.24) is 14.2 Å². The number of hydrogen-bond acceptors (Lipinski definition) is 7. The Labute approximate surface area is 188 Å². The van der Waals surface area contributed by atoms with Crippen LogP contribution < -0.4 is 0 Å². The molecule has 1 aromatic heterocycles. The van der Waals surface area contributed by atoms with Crippen LogP contribution in [0.4, 0.5) is 0 Å². The molecule has 11 heteroatoms. The number of sulfonamides is 1. The molecule has 4 rings (SSSR count). The smallest absolute Gasteiger partial charge is 0.338 e. The number of nitrogens with zero attached hydrogens (tertiary/aromatic N) is 3. The minimum atomic E-state index is -3.66. The number of hydrogen-bond donors (Lipinski definition) is 0. The maximum Gasteiger partial charge on any atom is 0.338 e. The van der Waals surface area contributed by atoms with Gasteiger partial charge in [-0.05, 0) is 42.5 Å². The van der Waals surface area contributed by atoms with Crippen molar-refractivity contribution in [2.24, 2.45) is 0 Å². The highest BCUT2D eigenvalue weighted by Crippen LogP contribution is 2.21. The Kier molecular flexibility index (Phi) is 6.24. The van der Waals surface area contributed by atoms with Gasteiger partial charge in [0.05, 0.1) is 26.2 Å². The van der Waals surface area contributed by atoms with Crippen molar-refractivity contribution in [3.05, 3.63) is 58.6 Å². The summed E-state index contributed by atoms with van der Waals surface area (Å²) >= 11 is 7.24. The number of benzene rings is 2. The Hall–Kier alpha value is -2.53. The highest BCUT2D eigenvalue weighted by molar-refractivity contribution is 7.89. The quantitative estimate of drug-likeness (QED) is 0.522. The summed E-state index contributed by atoms with van der Waals surface area (Å²) in [7, 11) is -3.66. The maximum atomic E-state index is 12.7. The maximum absolute atomic E-state index is 12.7. The zero-order valence-electron chi connectivity index (χ0n) is 16.2. The minimum absolute atomic E-state index is 0.156. The van der Waals surface area contributed by atoms with Gasteiger partial charge in [-0.1, -0.05) is 11.6 Å². The number of rotatable bonds is 5. The number of halogens is 1. The number of thiazole rings is 1. The zero-order chi connectivity index (χ0) is 22.0. The summed E-state index contributed by atoms with van der Waals surface area (Å²) in [6.07, 6.45) is 0. The van der Waals surface area contributed by atoms with Crippen molar-refractivity contribution in [2.75, 3.05) is 32.8 Å². The highest BCUT2D eigenvalue weighted by atomic mass is 35.5. The normalized spacial score (nSPS) is 15.2. The molecule has 3 aromatic rings. The molecule has 0 bridgehead atoms. The molecule has 1 amide bonds. The van der Waals surface area contributed by atoms with Gasteiger partial charge in [0.15, 0.2) is 6.61 Å². The molecule has 1 aliphatic heterocycles. The third-order valence-electron chi connectivity index (χ3n) is 4.94. The summed E-state index contributed by atoms with van der Waals surface area (Å²) in [5, 5.41) is 0.455. The van der Waals surface area contributed by atoms with Crippen LogP contribution in [-0.4, -0.2) is 67.3 Å². The lowest BCUT2D eigenvalue weighted by Gasteiger charge is -2.33. The van der Waals surface area contributed by atoms with Crippen molar-refractivity contribution in [1.29, 1.82) is 0 Å². The van der Waals surface area contributed by atoms with Crippen LogP contribution in [0.3, 0.4) is 0 Å². The number of aromatic nitrogens is 1. The van der Waals surface area contributed by atoms with Crippen molar-refractivity contribution < 1.29 is 22.7 Å². The summed E-state index contributed by atoms with van der Waals surface area (Å²) in [6, 6.07) is 11.0. The van der Waals surface area contributed by atoms with Crippen molar-refractivity contribution in [3.63, 3.8) is 0 Å². The number of amides is 1. The molecule has 31 heavy (non-hydrogen) atoms. The average molecular weight is 480 g/mol. The van der Waals surface area contributed by atoms with Gasteiger partial charge < -0.3 is 9.64 Å². The SMILES string of the molecule is O=C(OCC(=O)N1CCN(S(=O)(=O)c2ccc(Cl)cc2)CC1)c1ccc2ncsc2c1. The van der Waals surface area contributed by atoms with Gasteiger partial charge in [-0.2, -0.15) is 4.31 Å². The Morgan fingerprint density at radius 3 is 2.48 bits per heavy atom. The van der Waals surface area contributed by atoms with Gasteiger partial charge in [-0.15, -0.1) is 11.3 Å². The summed E-state index contributed by atoms with van der Waals surface area (Å²) in [6.45, 7) is 0.356. The van der Waals surface area contributed by atoms with Crippen LogP contribution in [0.5, 0.6) is 0 Å². The van der Waals surface area contributed by atoms with E-state index in [4.69, 9.17) is 16.3 Å². The molecule has 0 spiro atoms. The molecule has 2 aromatic carbocycles. The van der Waals surface area contributed by atoms with E-state index in [1.807, 2.05) is 0 Å². The molecule has 1 aliphatic rings. The topological polar surface area (TPSA) is 96.9 Å². The molecule has 0 atom stereocenters. The van der Waals surface area contributed by atoms with Crippen LogP contribution in [0, 0.1) is 0 Å². The summed E-state index contributed by atoms with van der Waals surface area (Å²) in [5.41, 5.74) is 2.84. The lowest BCUT2D eigenvalue weighted by Crippen LogP contribution is -2.51. The van der Waals surface area contributed by atoms with Crippen LogP contribution in [-0.2, 0) is 19.6 Å². The molecule has 0 radical (unpaired) electrons. The van der Waals surface area contributed by atoms with E-state index in [9.17, 15) is 18.0 Å². The number of esters is 1. The number of fused-ring (bicyclic) bond motifs is 1. The van der Waals surface area contributed by atoms with E-state index < -0.39 is 22.6 Å². The highest BCUT2D eigenvalue weighted by Gasteiger charge is 2.30. The van der Waals surface area contributed by atoms with Crippen LogP contribution in [0.1, 0.15) is 10.4 Å². The van der Waals surface area contributed by atoms with Gasteiger partial charge in [-0.25, -0.2) is 18.2 Å². The second kappa shape index (κ2) is 8.91. The van der Waals surface area contributed by atoms with E-state index in [-0.39, 0.29) is 37.0 Å². The molecule has 1 saturated heterocycles. The molecule has 0 aliphatic carbocycles. The number of piperazine rings is 1. The number of ether oxygens (including phenoxy) is 1. The first-order chi connectivity index (χ1) is 14.8. The summed E-state index contributed by atoms with van der Waals surface area (Å²) in [4.78, 5) is 30.5. The molecular weight excluding hydrogens is 462 g/mol. The Bertz CT molecular complexity index is 1220.